The minimum Gasteiger partial charge on any atom is -0.368 e. The first-order valence-corrected chi connectivity index (χ1v) is 8.49. The molecule has 1 fully saturated rings. The molecule has 10 heteroatoms. The summed E-state index contributed by atoms with van der Waals surface area (Å²) < 4.78 is 10.7. The average molecular weight is 358 g/mol. The molecule has 0 saturated carbocycles. The largest absolute Gasteiger partial charge is 0.368 e. The van der Waals surface area contributed by atoms with Gasteiger partial charge in [-0.25, -0.2) is 4.98 Å². The summed E-state index contributed by atoms with van der Waals surface area (Å²) in [6, 6.07) is 7.15. The van der Waals surface area contributed by atoms with Crippen molar-refractivity contribution in [1.82, 2.24) is 25.2 Å². The predicted molar refractivity (Wildman–Crippen MR) is 88.5 cm³/mol. The van der Waals surface area contributed by atoms with Crippen LogP contribution in [-0.4, -0.2) is 50.8 Å². The van der Waals surface area contributed by atoms with Gasteiger partial charge in [0.15, 0.2) is 0 Å². The van der Waals surface area contributed by atoms with Crippen LogP contribution in [0, 0.1) is 0 Å². The Morgan fingerprint density at radius 1 is 1.36 bits per heavy atom. The lowest BCUT2D eigenvalue weighted by Gasteiger charge is -2.32. The lowest BCUT2D eigenvalue weighted by molar-refractivity contribution is -0.0258. The van der Waals surface area contributed by atoms with E-state index in [1.54, 1.807) is 16.5 Å². The van der Waals surface area contributed by atoms with Gasteiger partial charge in [0.05, 0.1) is 25.0 Å². The van der Waals surface area contributed by atoms with Gasteiger partial charge in [0.25, 0.3) is 5.91 Å². The number of amides is 1. The molecular weight excluding hydrogens is 344 g/mol. The molecule has 1 atom stereocenters. The number of aromatic nitrogens is 4. The minimum absolute atomic E-state index is 0.200. The van der Waals surface area contributed by atoms with E-state index in [0.717, 1.165) is 5.69 Å². The zero-order chi connectivity index (χ0) is 17.1. The number of carbonyl (C=O) groups is 1. The molecule has 3 aromatic rings. The molecule has 1 N–H and O–H groups in total. The molecule has 0 bridgehead atoms. The van der Waals surface area contributed by atoms with E-state index < -0.39 is 0 Å². The highest BCUT2D eigenvalue weighted by atomic mass is 32.1. The van der Waals surface area contributed by atoms with Crippen LogP contribution in [0.25, 0.3) is 0 Å². The molecule has 0 spiro atoms. The third-order valence-electron chi connectivity index (χ3n) is 3.70. The molecule has 0 aliphatic carbocycles. The van der Waals surface area contributed by atoms with Crippen LogP contribution in [-0.2, 0) is 4.74 Å². The number of hydrogen-bond donors (Lipinski definition) is 1. The van der Waals surface area contributed by atoms with Gasteiger partial charge in [-0.05, 0) is 12.1 Å². The Kier molecular flexibility index (Phi) is 4.36. The second kappa shape index (κ2) is 6.95. The van der Waals surface area contributed by atoms with E-state index in [2.05, 4.69) is 25.7 Å². The van der Waals surface area contributed by atoms with Gasteiger partial charge in [-0.3, -0.25) is 4.79 Å². The summed E-state index contributed by atoms with van der Waals surface area (Å²) in [5, 5.41) is 15.0. The van der Waals surface area contributed by atoms with Crippen LogP contribution in [0.1, 0.15) is 22.4 Å². The van der Waals surface area contributed by atoms with Crippen LogP contribution in [0.5, 0.6) is 0 Å². The number of pyridine rings is 1. The molecule has 4 heterocycles. The fourth-order valence-electron chi connectivity index (χ4n) is 2.53. The maximum atomic E-state index is 12.4. The summed E-state index contributed by atoms with van der Waals surface area (Å²) >= 11 is 1.39. The highest BCUT2D eigenvalue weighted by molar-refractivity contribution is 7.13. The third-order valence-corrected chi connectivity index (χ3v) is 4.30. The lowest BCUT2D eigenvalue weighted by atomic mass is 10.1. The predicted octanol–water partition coefficient (Wildman–Crippen LogP) is 1.88. The van der Waals surface area contributed by atoms with Crippen LogP contribution < -0.4 is 5.32 Å². The van der Waals surface area contributed by atoms with Gasteiger partial charge in [0, 0.05) is 12.6 Å². The van der Waals surface area contributed by atoms with Crippen molar-refractivity contribution in [3.05, 3.63) is 47.4 Å². The number of carbonyl (C=O) groups excluding carboxylic acids is 1. The van der Waals surface area contributed by atoms with E-state index in [1.807, 2.05) is 18.2 Å². The van der Waals surface area contributed by atoms with E-state index in [0.29, 0.717) is 30.6 Å². The Morgan fingerprint density at radius 3 is 3.12 bits per heavy atom. The Morgan fingerprint density at radius 2 is 2.32 bits per heavy atom. The van der Waals surface area contributed by atoms with E-state index in [1.165, 1.54) is 17.5 Å². The Labute approximate surface area is 146 Å². The zero-order valence-electron chi connectivity index (χ0n) is 13.0. The van der Waals surface area contributed by atoms with E-state index in [9.17, 15) is 4.79 Å². The second-order valence-corrected chi connectivity index (χ2v) is 6.14. The van der Waals surface area contributed by atoms with E-state index in [4.69, 9.17) is 9.26 Å². The maximum absolute atomic E-state index is 12.4. The van der Waals surface area contributed by atoms with Gasteiger partial charge in [-0.2, -0.15) is 0 Å². The SMILES string of the molecule is O=C(c1ccno1)N1CCO[C@@H](c2cccc(Nc3nncs3)n2)C1. The molecule has 25 heavy (non-hydrogen) atoms. The van der Waals surface area contributed by atoms with Crippen LogP contribution >= 0.6 is 11.3 Å². The molecule has 3 aromatic heterocycles. The second-order valence-electron chi connectivity index (χ2n) is 5.30. The lowest BCUT2D eigenvalue weighted by Crippen LogP contribution is -2.42. The number of nitrogens with one attached hydrogen (secondary N) is 1. The average Bonchev–Trinajstić information content (AvgIpc) is 3.35. The van der Waals surface area contributed by atoms with Crippen LogP contribution in [0.2, 0.25) is 0 Å². The Bertz CT molecular complexity index is 839. The molecule has 0 aromatic carbocycles. The monoisotopic (exact) mass is 358 g/mol. The molecule has 9 nitrogen and oxygen atoms in total. The van der Waals surface area contributed by atoms with Gasteiger partial charge in [-0.1, -0.05) is 22.6 Å². The third kappa shape index (κ3) is 3.49. The summed E-state index contributed by atoms with van der Waals surface area (Å²) in [7, 11) is 0. The molecule has 1 aliphatic rings. The van der Waals surface area contributed by atoms with Crippen molar-refractivity contribution >= 4 is 28.2 Å². The van der Waals surface area contributed by atoms with Crippen molar-refractivity contribution in [3.8, 4) is 0 Å². The smallest absolute Gasteiger partial charge is 0.292 e. The standard InChI is InChI=1S/C15H14N6O3S/c22-14(11-4-5-17-24-11)21-6-7-23-12(8-21)10-2-1-3-13(18-10)19-15-20-16-9-25-15/h1-5,9,12H,6-8H2,(H,18,19,20)/t12-/m1/s1. The fraction of sp³-hybridized carbons (Fsp3) is 0.267. The number of nitrogens with zero attached hydrogens (tertiary/aromatic N) is 5. The van der Waals surface area contributed by atoms with Crippen molar-refractivity contribution < 1.29 is 14.1 Å². The van der Waals surface area contributed by atoms with Gasteiger partial charge in [-0.15, -0.1) is 10.2 Å². The normalized spacial score (nSPS) is 17.4. The van der Waals surface area contributed by atoms with Crippen LogP contribution in [0.4, 0.5) is 10.9 Å². The van der Waals surface area contributed by atoms with Crippen molar-refractivity contribution in [2.45, 2.75) is 6.10 Å². The quantitative estimate of drug-likeness (QED) is 0.753. The molecule has 0 unspecified atom stereocenters. The summed E-state index contributed by atoms with van der Waals surface area (Å²) in [4.78, 5) is 18.6. The molecule has 1 amide bonds. The number of morpholine rings is 1. The number of ether oxygens (including phenoxy) is 1. The van der Waals surface area contributed by atoms with Crippen LogP contribution in [0.15, 0.2) is 40.5 Å². The Hall–Kier alpha value is -2.85. The fourth-order valence-corrected chi connectivity index (χ4v) is 2.98. The summed E-state index contributed by atoms with van der Waals surface area (Å²) in [6.07, 6.45) is 1.15. The number of anilines is 2. The highest BCUT2D eigenvalue weighted by Crippen LogP contribution is 2.24. The van der Waals surface area contributed by atoms with Gasteiger partial charge in [0.1, 0.15) is 17.4 Å². The van der Waals surface area contributed by atoms with E-state index in [-0.39, 0.29) is 17.8 Å². The first-order valence-electron chi connectivity index (χ1n) is 7.61. The summed E-state index contributed by atoms with van der Waals surface area (Å²) in [5.74, 6) is 0.672. The van der Waals surface area contributed by atoms with Crippen molar-refractivity contribution in [2.75, 3.05) is 25.0 Å². The van der Waals surface area contributed by atoms with Gasteiger partial charge < -0.3 is 19.5 Å². The van der Waals surface area contributed by atoms with Crippen LogP contribution in [0.3, 0.4) is 0 Å². The van der Waals surface area contributed by atoms with Crippen molar-refractivity contribution in [1.29, 1.82) is 0 Å². The molecule has 4 rings (SSSR count). The molecule has 1 aliphatic heterocycles. The number of hydrogen-bond acceptors (Lipinski definition) is 9. The first-order chi connectivity index (χ1) is 12.3. The topological polar surface area (TPSA) is 106 Å². The summed E-state index contributed by atoms with van der Waals surface area (Å²) in [6.45, 7) is 1.33. The molecule has 1 saturated heterocycles. The maximum Gasteiger partial charge on any atom is 0.292 e. The zero-order valence-corrected chi connectivity index (χ0v) is 13.8. The van der Waals surface area contributed by atoms with E-state index >= 15 is 0 Å². The van der Waals surface area contributed by atoms with Gasteiger partial charge in [0.2, 0.25) is 10.9 Å². The Balaban J connectivity index is 1.48. The van der Waals surface area contributed by atoms with Crippen molar-refractivity contribution in [3.63, 3.8) is 0 Å². The summed E-state index contributed by atoms with van der Waals surface area (Å²) in [5.41, 5.74) is 2.38. The van der Waals surface area contributed by atoms with Gasteiger partial charge >= 0.3 is 0 Å². The minimum atomic E-state index is -0.309. The molecule has 0 radical (unpaired) electrons. The highest BCUT2D eigenvalue weighted by Gasteiger charge is 2.28. The first kappa shape index (κ1) is 15.7. The number of rotatable bonds is 4. The molecule has 128 valence electrons. The van der Waals surface area contributed by atoms with Crippen molar-refractivity contribution in [2.24, 2.45) is 0 Å². The molecular formula is C15H14N6O3S.